The van der Waals surface area contributed by atoms with E-state index in [2.05, 4.69) is 16.7 Å². The van der Waals surface area contributed by atoms with Gasteiger partial charge >= 0.3 is 6.09 Å². The van der Waals surface area contributed by atoms with Crippen LogP contribution in [-0.4, -0.2) is 85.8 Å². The van der Waals surface area contributed by atoms with Crippen molar-refractivity contribution < 1.29 is 23.8 Å². The Hall–Kier alpha value is -2.48. The number of fused-ring (bicyclic) bond motifs is 1. The number of hydrogen-bond acceptors (Lipinski definition) is 6. The first-order chi connectivity index (χ1) is 19.0. The van der Waals surface area contributed by atoms with E-state index in [1.807, 2.05) is 18.2 Å². The molecule has 1 aromatic carbocycles. The van der Waals surface area contributed by atoms with Crippen molar-refractivity contribution in [3.8, 4) is 11.5 Å². The predicted molar refractivity (Wildman–Crippen MR) is 152 cm³/mol. The fourth-order valence-corrected chi connectivity index (χ4v) is 6.42. The second kappa shape index (κ2) is 14.2. The van der Waals surface area contributed by atoms with Gasteiger partial charge in [-0.15, -0.1) is 0 Å². The third-order valence-corrected chi connectivity index (χ3v) is 8.85. The Kier molecular flexibility index (Phi) is 10.8. The Bertz CT molecular complexity index is 950. The van der Waals surface area contributed by atoms with Crippen LogP contribution in [0.5, 0.6) is 11.5 Å². The highest BCUT2D eigenvalue weighted by Gasteiger charge is 2.43. The molecule has 0 radical (unpaired) electrons. The van der Waals surface area contributed by atoms with Gasteiger partial charge in [-0.25, -0.2) is 4.79 Å². The van der Waals surface area contributed by atoms with Gasteiger partial charge in [-0.2, -0.15) is 0 Å². The van der Waals surface area contributed by atoms with Gasteiger partial charge in [0.25, 0.3) is 0 Å². The minimum atomic E-state index is -0.310. The SMILES string of the molecule is CCCCOC(=O)N(C)CC[C@H](C(=O)N1CCC[C@H]2CCCC[C@@H]21)N(Cc1ccc(OC)cc1OC)C1CC1. The molecule has 1 saturated heterocycles. The zero-order valence-corrected chi connectivity index (χ0v) is 24.5. The summed E-state index contributed by atoms with van der Waals surface area (Å²) in [5.41, 5.74) is 1.05. The van der Waals surface area contributed by atoms with Gasteiger partial charge in [-0.3, -0.25) is 9.69 Å². The predicted octanol–water partition coefficient (Wildman–Crippen LogP) is 5.48. The zero-order chi connectivity index (χ0) is 27.8. The van der Waals surface area contributed by atoms with Crippen molar-refractivity contribution in [3.05, 3.63) is 23.8 Å². The maximum absolute atomic E-state index is 14.5. The molecule has 39 heavy (non-hydrogen) atoms. The molecule has 0 spiro atoms. The lowest BCUT2D eigenvalue weighted by Gasteiger charge is -2.46. The number of methoxy groups -OCH3 is 2. The first-order valence-electron chi connectivity index (χ1n) is 15.1. The molecule has 1 heterocycles. The number of amides is 2. The summed E-state index contributed by atoms with van der Waals surface area (Å²) in [5.74, 6) is 2.39. The van der Waals surface area contributed by atoms with Crippen molar-refractivity contribution in [2.75, 3.05) is 41.0 Å². The highest BCUT2D eigenvalue weighted by molar-refractivity contribution is 5.82. The van der Waals surface area contributed by atoms with Crippen LogP contribution in [0.3, 0.4) is 0 Å². The number of rotatable bonds is 13. The van der Waals surface area contributed by atoms with E-state index < -0.39 is 0 Å². The standard InChI is InChI=1S/C31H49N3O5/c1-5-6-20-39-31(36)32(2)19-17-28(30(35)33-18-9-11-23-10-7-8-12-27(23)33)34(25-14-15-25)22-24-13-16-26(37-3)21-29(24)38-4/h13,16,21,23,25,27-28H,5-12,14-15,17-20,22H2,1-4H3/t23-,27+,28-/m1/s1. The van der Waals surface area contributed by atoms with Gasteiger partial charge in [-0.1, -0.05) is 32.3 Å². The molecule has 1 aromatic rings. The molecule has 3 aliphatic rings. The topological polar surface area (TPSA) is 71.6 Å². The molecule has 218 valence electrons. The van der Waals surface area contributed by atoms with Gasteiger partial charge in [-0.05, 0) is 63.4 Å². The summed E-state index contributed by atoms with van der Waals surface area (Å²) >= 11 is 0. The summed E-state index contributed by atoms with van der Waals surface area (Å²) in [7, 11) is 5.11. The number of ether oxygens (including phenoxy) is 3. The molecule has 0 unspecified atom stereocenters. The van der Waals surface area contributed by atoms with Gasteiger partial charge in [0, 0.05) is 50.4 Å². The van der Waals surface area contributed by atoms with Crippen LogP contribution in [0, 0.1) is 5.92 Å². The summed E-state index contributed by atoms with van der Waals surface area (Å²) in [4.78, 5) is 33.3. The van der Waals surface area contributed by atoms with Crippen molar-refractivity contribution in [3.63, 3.8) is 0 Å². The second-order valence-corrected chi connectivity index (χ2v) is 11.6. The summed E-state index contributed by atoms with van der Waals surface area (Å²) in [6, 6.07) is 6.33. The molecule has 3 fully saturated rings. The smallest absolute Gasteiger partial charge is 0.409 e. The Morgan fingerprint density at radius 3 is 2.54 bits per heavy atom. The van der Waals surface area contributed by atoms with E-state index in [9.17, 15) is 9.59 Å². The lowest BCUT2D eigenvalue weighted by atomic mass is 9.78. The number of piperidine rings is 1. The van der Waals surface area contributed by atoms with Crippen LogP contribution in [0.4, 0.5) is 4.79 Å². The minimum absolute atomic E-state index is 0.235. The van der Waals surface area contributed by atoms with Gasteiger partial charge in [0.1, 0.15) is 11.5 Å². The lowest BCUT2D eigenvalue weighted by Crippen LogP contribution is -2.57. The van der Waals surface area contributed by atoms with Crippen molar-refractivity contribution in [2.45, 2.75) is 102 Å². The van der Waals surface area contributed by atoms with E-state index in [0.29, 0.717) is 44.1 Å². The Labute approximate surface area is 234 Å². The number of unbranched alkanes of at least 4 members (excludes halogenated alkanes) is 1. The first-order valence-corrected chi connectivity index (χ1v) is 15.1. The quantitative estimate of drug-likeness (QED) is 0.307. The molecule has 2 aliphatic carbocycles. The van der Waals surface area contributed by atoms with Gasteiger partial charge in [0.05, 0.1) is 26.9 Å². The first kappa shape index (κ1) is 29.5. The number of carbonyl (C=O) groups is 2. The average molecular weight is 544 g/mol. The molecule has 2 saturated carbocycles. The second-order valence-electron chi connectivity index (χ2n) is 11.6. The van der Waals surface area contributed by atoms with E-state index in [4.69, 9.17) is 14.2 Å². The maximum Gasteiger partial charge on any atom is 0.409 e. The van der Waals surface area contributed by atoms with Gasteiger partial charge in [0.2, 0.25) is 5.91 Å². The summed E-state index contributed by atoms with van der Waals surface area (Å²) in [6.07, 6.45) is 11.4. The van der Waals surface area contributed by atoms with Crippen LogP contribution < -0.4 is 9.47 Å². The molecular weight excluding hydrogens is 494 g/mol. The highest BCUT2D eigenvalue weighted by Crippen LogP contribution is 2.38. The molecule has 0 N–H and O–H groups in total. The van der Waals surface area contributed by atoms with Crippen LogP contribution in [0.1, 0.15) is 83.1 Å². The van der Waals surface area contributed by atoms with Crippen LogP contribution in [0.2, 0.25) is 0 Å². The molecule has 0 aromatic heterocycles. The van der Waals surface area contributed by atoms with E-state index in [1.54, 1.807) is 26.2 Å². The Balaban J connectivity index is 1.56. The molecular formula is C31H49N3O5. The fourth-order valence-electron chi connectivity index (χ4n) is 6.42. The number of hydrogen-bond donors (Lipinski definition) is 0. The van der Waals surface area contributed by atoms with Crippen molar-refractivity contribution >= 4 is 12.0 Å². The maximum atomic E-state index is 14.5. The molecule has 0 bridgehead atoms. The van der Waals surface area contributed by atoms with E-state index >= 15 is 0 Å². The minimum Gasteiger partial charge on any atom is -0.497 e. The molecule has 2 amide bonds. The third-order valence-electron chi connectivity index (χ3n) is 8.85. The van der Waals surface area contributed by atoms with Crippen molar-refractivity contribution in [1.29, 1.82) is 0 Å². The Morgan fingerprint density at radius 2 is 1.82 bits per heavy atom. The average Bonchev–Trinajstić information content (AvgIpc) is 3.81. The largest absolute Gasteiger partial charge is 0.497 e. The highest BCUT2D eigenvalue weighted by atomic mass is 16.6. The van der Waals surface area contributed by atoms with Crippen LogP contribution >= 0.6 is 0 Å². The summed E-state index contributed by atoms with van der Waals surface area (Å²) < 4.78 is 16.6. The van der Waals surface area contributed by atoms with Crippen LogP contribution in [0.25, 0.3) is 0 Å². The van der Waals surface area contributed by atoms with Crippen molar-refractivity contribution in [1.82, 2.24) is 14.7 Å². The van der Waals surface area contributed by atoms with E-state index in [-0.39, 0.29) is 18.0 Å². The van der Waals surface area contributed by atoms with Crippen molar-refractivity contribution in [2.24, 2.45) is 5.92 Å². The van der Waals surface area contributed by atoms with Gasteiger partial charge < -0.3 is 24.0 Å². The molecule has 4 rings (SSSR count). The summed E-state index contributed by atoms with van der Waals surface area (Å²) in [6.45, 7) is 4.46. The monoisotopic (exact) mass is 543 g/mol. The number of nitrogens with zero attached hydrogens (tertiary/aromatic N) is 3. The van der Waals surface area contributed by atoms with E-state index in [1.165, 1.54) is 25.7 Å². The van der Waals surface area contributed by atoms with E-state index in [0.717, 1.165) is 62.1 Å². The van der Waals surface area contributed by atoms with Gasteiger partial charge in [0.15, 0.2) is 0 Å². The zero-order valence-electron chi connectivity index (χ0n) is 24.5. The number of benzene rings is 1. The number of likely N-dealkylation sites (tertiary alicyclic amines) is 1. The van der Waals surface area contributed by atoms with Crippen LogP contribution in [0.15, 0.2) is 18.2 Å². The molecule has 1 aliphatic heterocycles. The van der Waals surface area contributed by atoms with Crippen LogP contribution in [-0.2, 0) is 16.1 Å². The fraction of sp³-hybridized carbons (Fsp3) is 0.742. The molecule has 8 heteroatoms. The normalized spacial score (nSPS) is 21.7. The third kappa shape index (κ3) is 7.59. The Morgan fingerprint density at radius 1 is 1.05 bits per heavy atom. The molecule has 3 atom stereocenters. The number of carbonyl (C=O) groups excluding carboxylic acids is 2. The molecule has 8 nitrogen and oxygen atoms in total. The lowest BCUT2D eigenvalue weighted by molar-refractivity contribution is -0.144. The summed E-state index contributed by atoms with van der Waals surface area (Å²) in [5, 5.41) is 0.